The van der Waals surface area contributed by atoms with E-state index in [1.165, 1.54) is 11.1 Å². The van der Waals surface area contributed by atoms with Gasteiger partial charge >= 0.3 is 0 Å². The third-order valence-electron chi connectivity index (χ3n) is 4.27. The summed E-state index contributed by atoms with van der Waals surface area (Å²) in [5.74, 6) is 0.699. The standard InChI is InChI=1S/C19H21NO2/c21-13-15-8-6-14(7-9-15)10-11-20-19(22)18-12-17(18)16-4-2-1-3-5-16/h1-9,17-18,21H,10-13H2,(H,20,22). The maximum absolute atomic E-state index is 12.1. The minimum absolute atomic E-state index is 0.0690. The molecule has 22 heavy (non-hydrogen) atoms. The quantitative estimate of drug-likeness (QED) is 0.860. The molecule has 114 valence electrons. The van der Waals surface area contributed by atoms with Gasteiger partial charge in [-0.3, -0.25) is 4.79 Å². The van der Waals surface area contributed by atoms with E-state index in [-0.39, 0.29) is 18.4 Å². The summed E-state index contributed by atoms with van der Waals surface area (Å²) in [6.07, 6.45) is 1.78. The number of hydrogen-bond donors (Lipinski definition) is 2. The first-order valence-corrected chi connectivity index (χ1v) is 7.79. The molecule has 0 aliphatic heterocycles. The Morgan fingerprint density at radius 2 is 1.73 bits per heavy atom. The molecule has 2 aromatic rings. The zero-order chi connectivity index (χ0) is 15.4. The molecule has 0 heterocycles. The second-order valence-electron chi connectivity index (χ2n) is 5.88. The predicted octanol–water partition coefficient (Wildman–Crippen LogP) is 2.64. The molecular weight excluding hydrogens is 274 g/mol. The lowest BCUT2D eigenvalue weighted by molar-refractivity contribution is -0.122. The first-order chi connectivity index (χ1) is 10.8. The summed E-state index contributed by atoms with van der Waals surface area (Å²) < 4.78 is 0. The summed E-state index contributed by atoms with van der Waals surface area (Å²) in [7, 11) is 0. The fraction of sp³-hybridized carbons (Fsp3) is 0.316. The van der Waals surface area contributed by atoms with Crippen LogP contribution in [0, 0.1) is 5.92 Å². The van der Waals surface area contributed by atoms with Crippen molar-refractivity contribution in [2.24, 2.45) is 5.92 Å². The number of aliphatic hydroxyl groups excluding tert-OH is 1. The molecule has 2 unspecified atom stereocenters. The van der Waals surface area contributed by atoms with E-state index in [1.807, 2.05) is 42.5 Å². The van der Waals surface area contributed by atoms with Crippen LogP contribution in [0.25, 0.3) is 0 Å². The zero-order valence-electron chi connectivity index (χ0n) is 12.5. The number of carbonyl (C=O) groups excluding carboxylic acids is 1. The van der Waals surface area contributed by atoms with Gasteiger partial charge in [0, 0.05) is 12.5 Å². The van der Waals surface area contributed by atoms with Crippen molar-refractivity contribution in [2.45, 2.75) is 25.4 Å². The Labute approximate surface area is 131 Å². The van der Waals surface area contributed by atoms with Crippen LogP contribution in [-0.4, -0.2) is 17.6 Å². The van der Waals surface area contributed by atoms with Crippen molar-refractivity contribution < 1.29 is 9.90 Å². The second-order valence-corrected chi connectivity index (χ2v) is 5.88. The summed E-state index contributed by atoms with van der Waals surface area (Å²) in [6, 6.07) is 18.1. The average Bonchev–Trinajstić information content (AvgIpc) is 3.37. The van der Waals surface area contributed by atoms with E-state index in [0.717, 1.165) is 18.4 Å². The van der Waals surface area contributed by atoms with E-state index < -0.39 is 0 Å². The van der Waals surface area contributed by atoms with Gasteiger partial charge < -0.3 is 10.4 Å². The van der Waals surface area contributed by atoms with Crippen LogP contribution in [-0.2, 0) is 17.8 Å². The fourth-order valence-corrected chi connectivity index (χ4v) is 2.83. The molecule has 3 rings (SSSR count). The third kappa shape index (κ3) is 3.55. The van der Waals surface area contributed by atoms with Crippen molar-refractivity contribution in [2.75, 3.05) is 6.54 Å². The Morgan fingerprint density at radius 1 is 1.05 bits per heavy atom. The normalized spacial score (nSPS) is 19.7. The molecule has 2 N–H and O–H groups in total. The number of nitrogens with one attached hydrogen (secondary N) is 1. The van der Waals surface area contributed by atoms with Gasteiger partial charge in [-0.15, -0.1) is 0 Å². The van der Waals surface area contributed by atoms with Crippen molar-refractivity contribution in [3.05, 3.63) is 71.3 Å². The average molecular weight is 295 g/mol. The summed E-state index contributed by atoms with van der Waals surface area (Å²) in [5, 5.41) is 12.0. The van der Waals surface area contributed by atoms with Gasteiger partial charge in [0.05, 0.1) is 6.61 Å². The molecule has 1 aliphatic rings. The van der Waals surface area contributed by atoms with Crippen LogP contribution in [0.4, 0.5) is 0 Å². The van der Waals surface area contributed by atoms with Gasteiger partial charge in [0.25, 0.3) is 0 Å². The van der Waals surface area contributed by atoms with Gasteiger partial charge in [-0.2, -0.15) is 0 Å². The van der Waals surface area contributed by atoms with Crippen LogP contribution in [0.15, 0.2) is 54.6 Å². The van der Waals surface area contributed by atoms with Crippen molar-refractivity contribution in [1.82, 2.24) is 5.32 Å². The van der Waals surface area contributed by atoms with Gasteiger partial charge in [0.1, 0.15) is 0 Å². The number of hydrogen-bond acceptors (Lipinski definition) is 2. The minimum Gasteiger partial charge on any atom is -0.392 e. The molecule has 1 amide bonds. The van der Waals surface area contributed by atoms with E-state index in [1.54, 1.807) is 0 Å². The van der Waals surface area contributed by atoms with Gasteiger partial charge in [0.2, 0.25) is 5.91 Å². The van der Waals surface area contributed by atoms with E-state index in [4.69, 9.17) is 5.11 Å². The zero-order valence-corrected chi connectivity index (χ0v) is 12.5. The molecule has 1 saturated carbocycles. The minimum atomic E-state index is 0.0690. The lowest BCUT2D eigenvalue weighted by Crippen LogP contribution is -2.27. The molecule has 1 aliphatic carbocycles. The van der Waals surface area contributed by atoms with Gasteiger partial charge in [-0.1, -0.05) is 54.6 Å². The smallest absolute Gasteiger partial charge is 0.223 e. The highest BCUT2D eigenvalue weighted by Crippen LogP contribution is 2.47. The molecule has 0 aromatic heterocycles. The predicted molar refractivity (Wildman–Crippen MR) is 86.4 cm³/mol. The van der Waals surface area contributed by atoms with Crippen LogP contribution in [0.3, 0.4) is 0 Å². The molecule has 2 atom stereocenters. The van der Waals surface area contributed by atoms with E-state index >= 15 is 0 Å². The summed E-state index contributed by atoms with van der Waals surface area (Å²) in [5.41, 5.74) is 3.35. The Morgan fingerprint density at radius 3 is 2.41 bits per heavy atom. The number of benzene rings is 2. The van der Waals surface area contributed by atoms with Crippen LogP contribution in [0.1, 0.15) is 29.0 Å². The van der Waals surface area contributed by atoms with Crippen LogP contribution >= 0.6 is 0 Å². The highest BCUT2D eigenvalue weighted by Gasteiger charge is 2.43. The SMILES string of the molecule is O=C(NCCc1ccc(CO)cc1)C1CC1c1ccccc1. The molecule has 0 radical (unpaired) electrons. The number of rotatable bonds is 6. The second kappa shape index (κ2) is 6.75. The molecule has 3 nitrogen and oxygen atoms in total. The van der Waals surface area contributed by atoms with E-state index in [0.29, 0.717) is 12.5 Å². The Bertz CT molecular complexity index is 622. The van der Waals surface area contributed by atoms with Gasteiger partial charge in [-0.25, -0.2) is 0 Å². The Hall–Kier alpha value is -2.13. The summed E-state index contributed by atoms with van der Waals surface area (Å²) >= 11 is 0. The first kappa shape index (κ1) is 14.8. The van der Waals surface area contributed by atoms with Gasteiger partial charge in [-0.05, 0) is 35.4 Å². The monoisotopic (exact) mass is 295 g/mol. The lowest BCUT2D eigenvalue weighted by atomic mass is 10.1. The van der Waals surface area contributed by atoms with Crippen LogP contribution in [0.2, 0.25) is 0 Å². The topological polar surface area (TPSA) is 49.3 Å². The highest BCUT2D eigenvalue weighted by molar-refractivity contribution is 5.82. The first-order valence-electron chi connectivity index (χ1n) is 7.79. The molecule has 0 spiro atoms. The molecule has 3 heteroatoms. The number of carbonyl (C=O) groups is 1. The molecule has 2 aromatic carbocycles. The maximum atomic E-state index is 12.1. The van der Waals surface area contributed by atoms with Crippen LogP contribution in [0.5, 0.6) is 0 Å². The summed E-state index contributed by atoms with van der Waals surface area (Å²) in [6.45, 7) is 0.731. The van der Waals surface area contributed by atoms with Crippen molar-refractivity contribution in [3.63, 3.8) is 0 Å². The number of aliphatic hydroxyl groups is 1. The molecule has 0 saturated heterocycles. The highest BCUT2D eigenvalue weighted by atomic mass is 16.3. The molecule has 1 fully saturated rings. The number of amides is 1. The van der Waals surface area contributed by atoms with Crippen LogP contribution < -0.4 is 5.32 Å². The van der Waals surface area contributed by atoms with Crippen molar-refractivity contribution >= 4 is 5.91 Å². The van der Waals surface area contributed by atoms with E-state index in [9.17, 15) is 4.79 Å². The molecular formula is C19H21NO2. The largest absolute Gasteiger partial charge is 0.392 e. The summed E-state index contributed by atoms with van der Waals surface area (Å²) in [4.78, 5) is 12.1. The lowest BCUT2D eigenvalue weighted by Gasteiger charge is -2.06. The van der Waals surface area contributed by atoms with Crippen molar-refractivity contribution in [3.8, 4) is 0 Å². The fourth-order valence-electron chi connectivity index (χ4n) is 2.83. The van der Waals surface area contributed by atoms with Gasteiger partial charge in [0.15, 0.2) is 0 Å². The Balaban J connectivity index is 1.43. The third-order valence-corrected chi connectivity index (χ3v) is 4.27. The Kier molecular flexibility index (Phi) is 4.54. The van der Waals surface area contributed by atoms with Crippen molar-refractivity contribution in [1.29, 1.82) is 0 Å². The van der Waals surface area contributed by atoms with E-state index in [2.05, 4.69) is 17.4 Å². The maximum Gasteiger partial charge on any atom is 0.223 e. The molecule has 0 bridgehead atoms.